The molecule has 3 aromatic rings. The van der Waals surface area contributed by atoms with Crippen molar-refractivity contribution in [3.05, 3.63) is 78.4 Å². The Morgan fingerprint density at radius 2 is 1.33 bits per heavy atom. The van der Waals surface area contributed by atoms with Gasteiger partial charge in [-0.05, 0) is 17.7 Å². The molecular weight excluding hydrogens is 298 g/mol. The van der Waals surface area contributed by atoms with Crippen molar-refractivity contribution in [2.24, 2.45) is 0 Å². The van der Waals surface area contributed by atoms with Crippen LogP contribution in [0.1, 0.15) is 11.7 Å². The van der Waals surface area contributed by atoms with Gasteiger partial charge in [-0.15, -0.1) is 0 Å². The SMILES string of the molecule is c1ccc(-c2cc(C3COCCO3)cc(-c3ccccc3)n2)cc1. The largest absolute Gasteiger partial charge is 0.376 e. The zero-order valence-electron chi connectivity index (χ0n) is 13.4. The van der Waals surface area contributed by atoms with Crippen LogP contribution >= 0.6 is 0 Å². The monoisotopic (exact) mass is 317 g/mol. The molecule has 1 fully saturated rings. The van der Waals surface area contributed by atoms with Crippen LogP contribution in [0.2, 0.25) is 0 Å². The van der Waals surface area contributed by atoms with E-state index in [-0.39, 0.29) is 6.10 Å². The summed E-state index contributed by atoms with van der Waals surface area (Å²) in [5.74, 6) is 0. The Bertz CT molecular complexity index is 739. The second-order valence-corrected chi connectivity index (χ2v) is 5.84. The van der Waals surface area contributed by atoms with Crippen LogP contribution in [0, 0.1) is 0 Å². The van der Waals surface area contributed by atoms with Crippen LogP contribution in [-0.4, -0.2) is 24.8 Å². The molecule has 24 heavy (non-hydrogen) atoms. The number of ether oxygens (including phenoxy) is 2. The van der Waals surface area contributed by atoms with Gasteiger partial charge in [0.05, 0.1) is 31.2 Å². The Balaban J connectivity index is 1.81. The fourth-order valence-electron chi connectivity index (χ4n) is 2.93. The summed E-state index contributed by atoms with van der Waals surface area (Å²) < 4.78 is 11.5. The van der Waals surface area contributed by atoms with Crippen LogP contribution < -0.4 is 0 Å². The average molecular weight is 317 g/mol. The molecule has 1 unspecified atom stereocenters. The van der Waals surface area contributed by atoms with Gasteiger partial charge in [-0.2, -0.15) is 0 Å². The summed E-state index contributed by atoms with van der Waals surface area (Å²) in [4.78, 5) is 4.87. The molecule has 0 saturated carbocycles. The number of pyridine rings is 1. The molecule has 0 N–H and O–H groups in total. The summed E-state index contributed by atoms with van der Waals surface area (Å²) in [6.45, 7) is 1.89. The lowest BCUT2D eigenvalue weighted by molar-refractivity contribution is -0.0901. The zero-order valence-corrected chi connectivity index (χ0v) is 13.4. The highest BCUT2D eigenvalue weighted by molar-refractivity contribution is 5.67. The zero-order chi connectivity index (χ0) is 16.2. The molecular formula is C21H19NO2. The Morgan fingerprint density at radius 1 is 0.750 bits per heavy atom. The summed E-state index contributed by atoms with van der Waals surface area (Å²) >= 11 is 0. The van der Waals surface area contributed by atoms with Gasteiger partial charge in [-0.25, -0.2) is 4.98 Å². The Hall–Kier alpha value is -2.49. The smallest absolute Gasteiger partial charge is 0.106 e. The van der Waals surface area contributed by atoms with E-state index < -0.39 is 0 Å². The molecule has 1 saturated heterocycles. The highest BCUT2D eigenvalue weighted by Gasteiger charge is 2.19. The van der Waals surface area contributed by atoms with E-state index in [0.29, 0.717) is 19.8 Å². The lowest BCUT2D eigenvalue weighted by atomic mass is 10.0. The molecule has 0 aliphatic carbocycles. The first-order valence-corrected chi connectivity index (χ1v) is 8.22. The number of rotatable bonds is 3. The van der Waals surface area contributed by atoms with E-state index in [9.17, 15) is 0 Å². The molecule has 0 spiro atoms. The summed E-state index contributed by atoms with van der Waals surface area (Å²) in [5.41, 5.74) is 5.24. The van der Waals surface area contributed by atoms with Gasteiger partial charge in [0.15, 0.2) is 0 Å². The van der Waals surface area contributed by atoms with Gasteiger partial charge in [0.1, 0.15) is 6.10 Å². The van der Waals surface area contributed by atoms with Crippen molar-refractivity contribution < 1.29 is 9.47 Å². The molecule has 120 valence electrons. The Kier molecular flexibility index (Phi) is 4.36. The first-order chi connectivity index (χ1) is 11.9. The van der Waals surface area contributed by atoms with Crippen molar-refractivity contribution >= 4 is 0 Å². The highest BCUT2D eigenvalue weighted by atomic mass is 16.6. The lowest BCUT2D eigenvalue weighted by Crippen LogP contribution is -2.22. The average Bonchev–Trinajstić information content (AvgIpc) is 2.70. The molecule has 4 rings (SSSR count). The molecule has 2 heterocycles. The van der Waals surface area contributed by atoms with Crippen molar-refractivity contribution in [1.29, 1.82) is 0 Å². The third kappa shape index (κ3) is 3.23. The minimum Gasteiger partial charge on any atom is -0.376 e. The molecule has 0 radical (unpaired) electrons. The topological polar surface area (TPSA) is 31.4 Å². The molecule has 0 amide bonds. The van der Waals surface area contributed by atoms with Gasteiger partial charge < -0.3 is 9.47 Å². The number of nitrogens with zero attached hydrogens (tertiary/aromatic N) is 1. The van der Waals surface area contributed by atoms with Crippen molar-refractivity contribution in [1.82, 2.24) is 4.98 Å². The van der Waals surface area contributed by atoms with E-state index in [4.69, 9.17) is 14.5 Å². The van der Waals surface area contributed by atoms with Gasteiger partial charge in [0.2, 0.25) is 0 Å². The van der Waals surface area contributed by atoms with Crippen molar-refractivity contribution in [3.8, 4) is 22.5 Å². The van der Waals surface area contributed by atoms with Gasteiger partial charge in [0.25, 0.3) is 0 Å². The predicted octanol–water partition coefficient (Wildman–Crippen LogP) is 4.50. The lowest BCUT2D eigenvalue weighted by Gasteiger charge is -2.24. The highest BCUT2D eigenvalue weighted by Crippen LogP contribution is 2.29. The fourth-order valence-corrected chi connectivity index (χ4v) is 2.93. The van der Waals surface area contributed by atoms with Crippen LogP contribution in [0.4, 0.5) is 0 Å². The van der Waals surface area contributed by atoms with Gasteiger partial charge >= 0.3 is 0 Å². The molecule has 0 bridgehead atoms. The van der Waals surface area contributed by atoms with Gasteiger partial charge in [-0.3, -0.25) is 0 Å². The summed E-state index contributed by atoms with van der Waals surface area (Å²) in [6.07, 6.45) is -0.0355. The quantitative estimate of drug-likeness (QED) is 0.712. The van der Waals surface area contributed by atoms with Gasteiger partial charge in [-0.1, -0.05) is 60.7 Å². The molecule has 3 heteroatoms. The fraction of sp³-hybridized carbons (Fsp3) is 0.190. The normalized spacial score (nSPS) is 17.6. The molecule has 1 aliphatic heterocycles. The second kappa shape index (κ2) is 6.95. The van der Waals surface area contributed by atoms with E-state index in [0.717, 1.165) is 28.1 Å². The minimum atomic E-state index is -0.0355. The van der Waals surface area contributed by atoms with Crippen LogP contribution in [0.3, 0.4) is 0 Å². The minimum absolute atomic E-state index is 0.0355. The number of hydrogen-bond donors (Lipinski definition) is 0. The van der Waals surface area contributed by atoms with Crippen molar-refractivity contribution in [3.63, 3.8) is 0 Å². The number of hydrogen-bond acceptors (Lipinski definition) is 3. The predicted molar refractivity (Wildman–Crippen MR) is 94.6 cm³/mol. The van der Waals surface area contributed by atoms with Crippen LogP contribution in [0.25, 0.3) is 22.5 Å². The number of benzene rings is 2. The Labute approximate surface area is 141 Å². The first-order valence-electron chi connectivity index (χ1n) is 8.22. The first kappa shape index (κ1) is 15.1. The van der Waals surface area contributed by atoms with Crippen LogP contribution in [0.15, 0.2) is 72.8 Å². The number of aromatic nitrogens is 1. The van der Waals surface area contributed by atoms with E-state index in [1.165, 1.54) is 0 Å². The molecule has 2 aromatic carbocycles. The maximum atomic E-state index is 5.89. The van der Waals surface area contributed by atoms with Crippen molar-refractivity contribution in [2.45, 2.75) is 6.10 Å². The summed E-state index contributed by atoms with van der Waals surface area (Å²) in [6, 6.07) is 24.7. The summed E-state index contributed by atoms with van der Waals surface area (Å²) in [7, 11) is 0. The van der Waals surface area contributed by atoms with E-state index in [2.05, 4.69) is 36.4 Å². The van der Waals surface area contributed by atoms with E-state index in [1.807, 2.05) is 36.4 Å². The van der Waals surface area contributed by atoms with Crippen molar-refractivity contribution in [2.75, 3.05) is 19.8 Å². The third-order valence-electron chi connectivity index (χ3n) is 4.17. The molecule has 1 aliphatic rings. The molecule has 1 atom stereocenters. The molecule has 3 nitrogen and oxygen atoms in total. The maximum absolute atomic E-state index is 5.89. The summed E-state index contributed by atoms with van der Waals surface area (Å²) in [5, 5.41) is 0. The van der Waals surface area contributed by atoms with Gasteiger partial charge in [0, 0.05) is 11.1 Å². The maximum Gasteiger partial charge on any atom is 0.106 e. The Morgan fingerprint density at radius 3 is 1.83 bits per heavy atom. The standard InChI is InChI=1S/C21H19NO2/c1-3-7-16(8-4-1)19-13-18(21-15-23-11-12-24-21)14-20(22-19)17-9-5-2-6-10-17/h1-10,13-14,21H,11-12,15H2. The van der Waals surface area contributed by atoms with Crippen LogP contribution in [0.5, 0.6) is 0 Å². The third-order valence-corrected chi connectivity index (χ3v) is 4.17. The second-order valence-electron chi connectivity index (χ2n) is 5.84. The van der Waals surface area contributed by atoms with E-state index >= 15 is 0 Å². The molecule has 1 aromatic heterocycles. The van der Waals surface area contributed by atoms with E-state index in [1.54, 1.807) is 0 Å². The van der Waals surface area contributed by atoms with Crippen LogP contribution in [-0.2, 0) is 9.47 Å².